The van der Waals surface area contributed by atoms with Gasteiger partial charge >= 0.3 is 11.7 Å². The second kappa shape index (κ2) is 5.41. The van der Waals surface area contributed by atoms with Crippen molar-refractivity contribution in [3.8, 4) is 0 Å². The molecular formula is C12H15N3O5. The molecular weight excluding hydrogens is 266 g/mol. The van der Waals surface area contributed by atoms with E-state index in [9.17, 15) is 14.9 Å². The Morgan fingerprint density at radius 1 is 1.65 bits per heavy atom. The summed E-state index contributed by atoms with van der Waals surface area (Å²) in [6.45, 7) is 2.99. The molecule has 0 bridgehead atoms. The van der Waals surface area contributed by atoms with Gasteiger partial charge < -0.3 is 15.2 Å². The smallest absolute Gasteiger partial charge is 0.337 e. The van der Waals surface area contributed by atoms with Crippen molar-refractivity contribution in [2.45, 2.75) is 25.3 Å². The quantitative estimate of drug-likeness (QED) is 0.637. The number of carboxylic acid groups (broad SMARTS) is 1. The Balaban J connectivity index is 2.31. The summed E-state index contributed by atoms with van der Waals surface area (Å²) in [6, 6.07) is 1.00. The first-order valence-electron chi connectivity index (χ1n) is 6.15. The molecule has 1 saturated heterocycles. The zero-order valence-electron chi connectivity index (χ0n) is 11.0. The molecule has 2 rings (SSSR count). The van der Waals surface area contributed by atoms with Crippen LogP contribution in [0.5, 0.6) is 0 Å². The molecule has 1 aromatic heterocycles. The Hall–Kier alpha value is -2.22. The lowest BCUT2D eigenvalue weighted by molar-refractivity contribution is -0.384. The molecule has 2 heterocycles. The SMILES string of the molecule is CC1(Nc2ncc(C(=O)O)cc2[N+](=O)[O-])CCCOC1. The van der Waals surface area contributed by atoms with Crippen molar-refractivity contribution in [1.29, 1.82) is 0 Å². The highest BCUT2D eigenvalue weighted by Gasteiger charge is 2.31. The zero-order valence-corrected chi connectivity index (χ0v) is 11.0. The van der Waals surface area contributed by atoms with Crippen LogP contribution in [0.3, 0.4) is 0 Å². The average Bonchev–Trinajstić information content (AvgIpc) is 2.39. The predicted molar refractivity (Wildman–Crippen MR) is 69.9 cm³/mol. The minimum Gasteiger partial charge on any atom is -0.478 e. The standard InChI is InChI=1S/C12H15N3O5/c1-12(3-2-4-20-7-12)14-10-9(15(18)19)5-8(6-13-10)11(16)17/h5-6H,2-4,7H2,1H3,(H,13,14)(H,16,17). The van der Waals surface area contributed by atoms with Crippen LogP contribution >= 0.6 is 0 Å². The van der Waals surface area contributed by atoms with E-state index in [4.69, 9.17) is 9.84 Å². The van der Waals surface area contributed by atoms with Crippen LogP contribution in [0, 0.1) is 10.1 Å². The van der Waals surface area contributed by atoms with Crippen molar-refractivity contribution in [1.82, 2.24) is 4.98 Å². The Kier molecular flexibility index (Phi) is 3.84. The molecule has 0 saturated carbocycles. The van der Waals surface area contributed by atoms with Gasteiger partial charge in [0, 0.05) is 18.9 Å². The average molecular weight is 281 g/mol. The first-order chi connectivity index (χ1) is 9.41. The molecule has 0 radical (unpaired) electrons. The molecule has 0 spiro atoms. The third kappa shape index (κ3) is 3.02. The van der Waals surface area contributed by atoms with Crippen molar-refractivity contribution >= 4 is 17.5 Å². The summed E-state index contributed by atoms with van der Waals surface area (Å²) >= 11 is 0. The lowest BCUT2D eigenvalue weighted by Gasteiger charge is -2.34. The van der Waals surface area contributed by atoms with Gasteiger partial charge in [-0.25, -0.2) is 9.78 Å². The molecule has 1 atom stereocenters. The fourth-order valence-corrected chi connectivity index (χ4v) is 2.12. The second-order valence-electron chi connectivity index (χ2n) is 5.00. The van der Waals surface area contributed by atoms with Gasteiger partial charge in [-0.2, -0.15) is 0 Å². The number of nitro groups is 1. The highest BCUT2D eigenvalue weighted by Crippen LogP contribution is 2.29. The number of carboxylic acids is 1. The van der Waals surface area contributed by atoms with Crippen molar-refractivity contribution in [3.05, 3.63) is 27.9 Å². The van der Waals surface area contributed by atoms with Crippen molar-refractivity contribution < 1.29 is 19.6 Å². The van der Waals surface area contributed by atoms with E-state index in [1.807, 2.05) is 6.92 Å². The molecule has 0 aliphatic carbocycles. The lowest BCUT2D eigenvalue weighted by atomic mass is 9.95. The molecule has 0 amide bonds. The van der Waals surface area contributed by atoms with Gasteiger partial charge in [-0.1, -0.05) is 0 Å². The molecule has 108 valence electrons. The molecule has 8 nitrogen and oxygen atoms in total. The number of aromatic carboxylic acids is 1. The highest BCUT2D eigenvalue weighted by molar-refractivity contribution is 5.88. The Morgan fingerprint density at radius 3 is 2.95 bits per heavy atom. The number of rotatable bonds is 4. The number of nitrogens with zero attached hydrogens (tertiary/aromatic N) is 2. The van der Waals surface area contributed by atoms with Crippen LogP contribution in [0.25, 0.3) is 0 Å². The number of nitrogens with one attached hydrogen (secondary N) is 1. The van der Waals surface area contributed by atoms with Crippen LogP contribution in [-0.2, 0) is 4.74 Å². The van der Waals surface area contributed by atoms with Gasteiger partial charge in [0.2, 0.25) is 5.82 Å². The van der Waals surface area contributed by atoms with Gasteiger partial charge in [-0.15, -0.1) is 0 Å². The van der Waals surface area contributed by atoms with E-state index >= 15 is 0 Å². The van der Waals surface area contributed by atoms with Crippen LogP contribution in [0.2, 0.25) is 0 Å². The van der Waals surface area contributed by atoms with Crippen molar-refractivity contribution in [3.63, 3.8) is 0 Å². The summed E-state index contributed by atoms with van der Waals surface area (Å²) in [5.74, 6) is -1.19. The van der Waals surface area contributed by atoms with Crippen molar-refractivity contribution in [2.75, 3.05) is 18.5 Å². The first-order valence-corrected chi connectivity index (χ1v) is 6.15. The van der Waals surface area contributed by atoms with Crippen molar-refractivity contribution in [2.24, 2.45) is 0 Å². The van der Waals surface area contributed by atoms with Crippen LogP contribution < -0.4 is 5.32 Å². The summed E-state index contributed by atoms with van der Waals surface area (Å²) < 4.78 is 5.37. The number of ether oxygens (including phenoxy) is 1. The monoisotopic (exact) mass is 281 g/mol. The van der Waals surface area contributed by atoms with Crippen LogP contribution in [-0.4, -0.2) is 39.7 Å². The number of hydrogen-bond donors (Lipinski definition) is 2. The fraction of sp³-hybridized carbons (Fsp3) is 0.500. The maximum absolute atomic E-state index is 11.0. The molecule has 1 aliphatic rings. The molecule has 1 aliphatic heterocycles. The van der Waals surface area contributed by atoms with Crippen LogP contribution in [0.4, 0.5) is 11.5 Å². The van der Waals surface area contributed by atoms with E-state index in [1.54, 1.807) is 0 Å². The Morgan fingerprint density at radius 2 is 2.40 bits per heavy atom. The minimum absolute atomic E-state index is 0.0630. The second-order valence-corrected chi connectivity index (χ2v) is 5.00. The predicted octanol–water partition coefficient (Wildman–Crippen LogP) is 1.67. The number of hydrogen-bond acceptors (Lipinski definition) is 6. The van der Waals surface area contributed by atoms with E-state index in [-0.39, 0.29) is 17.1 Å². The minimum atomic E-state index is -1.25. The summed E-state index contributed by atoms with van der Waals surface area (Å²) in [7, 11) is 0. The molecule has 1 aromatic rings. The highest BCUT2D eigenvalue weighted by atomic mass is 16.6. The Labute approximate surface area is 114 Å². The van der Waals surface area contributed by atoms with Crippen LogP contribution in [0.1, 0.15) is 30.1 Å². The van der Waals surface area contributed by atoms with E-state index < -0.39 is 16.4 Å². The third-order valence-electron chi connectivity index (χ3n) is 3.17. The number of aromatic nitrogens is 1. The zero-order chi connectivity index (χ0) is 14.8. The van der Waals surface area contributed by atoms with E-state index in [2.05, 4.69) is 10.3 Å². The van der Waals surface area contributed by atoms with Gasteiger partial charge in [0.25, 0.3) is 0 Å². The van der Waals surface area contributed by atoms with Gasteiger partial charge in [0.1, 0.15) is 0 Å². The summed E-state index contributed by atoms with van der Waals surface area (Å²) in [5.41, 5.74) is -1.01. The van der Waals surface area contributed by atoms with E-state index in [1.165, 1.54) is 0 Å². The fourth-order valence-electron chi connectivity index (χ4n) is 2.12. The molecule has 8 heteroatoms. The summed E-state index contributed by atoms with van der Waals surface area (Å²) in [6.07, 6.45) is 2.75. The maximum atomic E-state index is 11.0. The summed E-state index contributed by atoms with van der Waals surface area (Å²) in [4.78, 5) is 25.1. The lowest BCUT2D eigenvalue weighted by Crippen LogP contribution is -2.43. The Bertz CT molecular complexity index is 540. The van der Waals surface area contributed by atoms with Gasteiger partial charge in [-0.3, -0.25) is 10.1 Å². The van der Waals surface area contributed by atoms with Gasteiger partial charge in [-0.05, 0) is 19.8 Å². The summed E-state index contributed by atoms with van der Waals surface area (Å²) in [5, 5.41) is 22.9. The first kappa shape index (κ1) is 14.2. The molecule has 20 heavy (non-hydrogen) atoms. The van der Waals surface area contributed by atoms with E-state index in [0.717, 1.165) is 25.1 Å². The van der Waals surface area contributed by atoms with Gasteiger partial charge in [0.05, 0.1) is 22.6 Å². The topological polar surface area (TPSA) is 115 Å². The number of carbonyl (C=O) groups is 1. The number of anilines is 1. The maximum Gasteiger partial charge on any atom is 0.337 e. The largest absolute Gasteiger partial charge is 0.478 e. The normalized spacial score (nSPS) is 22.2. The molecule has 1 fully saturated rings. The molecule has 0 aromatic carbocycles. The molecule has 1 unspecified atom stereocenters. The van der Waals surface area contributed by atoms with Crippen LogP contribution in [0.15, 0.2) is 12.3 Å². The third-order valence-corrected chi connectivity index (χ3v) is 3.17. The molecule has 2 N–H and O–H groups in total. The number of pyridine rings is 1. The van der Waals surface area contributed by atoms with E-state index in [0.29, 0.717) is 13.2 Å². The van der Waals surface area contributed by atoms with Gasteiger partial charge in [0.15, 0.2) is 0 Å².